The summed E-state index contributed by atoms with van der Waals surface area (Å²) in [6, 6.07) is 5.71. The van der Waals surface area contributed by atoms with Crippen molar-refractivity contribution in [2.24, 2.45) is 0 Å². The number of hydrogen-bond donors (Lipinski definition) is 0. The highest BCUT2D eigenvalue weighted by molar-refractivity contribution is 7.08. The fourth-order valence-electron chi connectivity index (χ4n) is 1.35. The maximum atomic E-state index is 6.13. The van der Waals surface area contributed by atoms with E-state index in [9.17, 15) is 0 Å². The zero-order chi connectivity index (χ0) is 10.1. The first-order chi connectivity index (χ1) is 6.70. The molecule has 0 amide bonds. The molecule has 1 heterocycles. The molecule has 0 N–H and O–H groups in total. The molecular formula is C11H8Cl2S. The van der Waals surface area contributed by atoms with Gasteiger partial charge in [0.15, 0.2) is 0 Å². The fourth-order valence-corrected chi connectivity index (χ4v) is 2.60. The van der Waals surface area contributed by atoms with Gasteiger partial charge in [0.2, 0.25) is 0 Å². The van der Waals surface area contributed by atoms with Gasteiger partial charge in [0, 0.05) is 5.56 Å². The number of halogens is 2. The lowest BCUT2D eigenvalue weighted by Crippen LogP contribution is -1.79. The van der Waals surface area contributed by atoms with E-state index in [0.717, 1.165) is 5.56 Å². The Morgan fingerprint density at radius 3 is 2.50 bits per heavy atom. The molecule has 0 aliphatic carbocycles. The highest BCUT2D eigenvalue weighted by Gasteiger charge is 2.08. The predicted octanol–water partition coefficient (Wildman–Crippen LogP) is 5.03. The van der Waals surface area contributed by atoms with Gasteiger partial charge in [-0.15, -0.1) is 0 Å². The van der Waals surface area contributed by atoms with Crippen LogP contribution in [0.15, 0.2) is 29.0 Å². The van der Waals surface area contributed by atoms with Gasteiger partial charge in [0.05, 0.1) is 10.0 Å². The molecule has 0 radical (unpaired) electrons. The Kier molecular flexibility index (Phi) is 2.82. The van der Waals surface area contributed by atoms with Gasteiger partial charge in [-0.05, 0) is 34.9 Å². The first-order valence-corrected chi connectivity index (χ1v) is 5.87. The van der Waals surface area contributed by atoms with Crippen molar-refractivity contribution < 1.29 is 0 Å². The van der Waals surface area contributed by atoms with E-state index < -0.39 is 0 Å². The quantitative estimate of drug-likeness (QED) is 0.658. The summed E-state index contributed by atoms with van der Waals surface area (Å²) in [6.07, 6.45) is 0. The summed E-state index contributed by atoms with van der Waals surface area (Å²) in [4.78, 5) is 0. The Hall–Kier alpha value is -0.500. The molecule has 0 spiro atoms. The normalized spacial score (nSPS) is 10.5. The van der Waals surface area contributed by atoms with Crippen LogP contribution in [-0.4, -0.2) is 0 Å². The monoisotopic (exact) mass is 242 g/mol. The van der Waals surface area contributed by atoms with Crippen molar-refractivity contribution in [1.82, 2.24) is 0 Å². The van der Waals surface area contributed by atoms with Crippen molar-refractivity contribution in [3.8, 4) is 11.1 Å². The van der Waals surface area contributed by atoms with Crippen molar-refractivity contribution in [3.05, 3.63) is 44.6 Å². The Morgan fingerprint density at radius 1 is 1.07 bits per heavy atom. The average Bonchev–Trinajstić information content (AvgIpc) is 2.57. The van der Waals surface area contributed by atoms with Crippen LogP contribution in [0.25, 0.3) is 11.1 Å². The lowest BCUT2D eigenvalue weighted by molar-refractivity contribution is 1.53. The van der Waals surface area contributed by atoms with Gasteiger partial charge in [-0.1, -0.05) is 35.3 Å². The highest BCUT2D eigenvalue weighted by Crippen LogP contribution is 2.36. The maximum absolute atomic E-state index is 6.13. The van der Waals surface area contributed by atoms with Gasteiger partial charge in [-0.3, -0.25) is 0 Å². The van der Waals surface area contributed by atoms with Crippen molar-refractivity contribution in [3.63, 3.8) is 0 Å². The van der Waals surface area contributed by atoms with E-state index in [-0.39, 0.29) is 0 Å². The Balaban J connectivity index is 2.63. The Morgan fingerprint density at radius 2 is 1.86 bits per heavy atom. The minimum Gasteiger partial charge on any atom is -0.151 e. The summed E-state index contributed by atoms with van der Waals surface area (Å²) in [6.45, 7) is 2.07. The van der Waals surface area contributed by atoms with E-state index >= 15 is 0 Å². The van der Waals surface area contributed by atoms with Gasteiger partial charge in [0.1, 0.15) is 0 Å². The molecule has 0 atom stereocenters. The van der Waals surface area contributed by atoms with Crippen LogP contribution in [0.3, 0.4) is 0 Å². The van der Waals surface area contributed by atoms with Crippen LogP contribution < -0.4 is 0 Å². The Labute approximate surface area is 97.1 Å². The van der Waals surface area contributed by atoms with Crippen LogP contribution >= 0.6 is 34.5 Å². The summed E-state index contributed by atoms with van der Waals surface area (Å²) >= 11 is 13.8. The summed E-state index contributed by atoms with van der Waals surface area (Å²) in [5.41, 5.74) is 3.42. The Bertz CT molecular complexity index is 460. The number of hydrogen-bond acceptors (Lipinski definition) is 1. The van der Waals surface area contributed by atoms with E-state index in [1.54, 1.807) is 17.4 Å². The van der Waals surface area contributed by atoms with Gasteiger partial charge in [-0.2, -0.15) is 11.3 Å². The summed E-state index contributed by atoms with van der Waals surface area (Å²) in [5, 5.41) is 5.44. The predicted molar refractivity (Wildman–Crippen MR) is 64.5 cm³/mol. The molecule has 3 heteroatoms. The molecule has 0 aliphatic heterocycles. The summed E-state index contributed by atoms with van der Waals surface area (Å²) < 4.78 is 0. The van der Waals surface area contributed by atoms with Gasteiger partial charge in [0.25, 0.3) is 0 Å². The van der Waals surface area contributed by atoms with Gasteiger partial charge >= 0.3 is 0 Å². The molecule has 1 aromatic heterocycles. The number of benzene rings is 1. The third-order valence-electron chi connectivity index (χ3n) is 2.10. The van der Waals surface area contributed by atoms with Crippen LogP contribution in [0.5, 0.6) is 0 Å². The maximum Gasteiger partial charge on any atom is 0.0671 e. The minimum atomic E-state index is 0.606. The fraction of sp³-hybridized carbons (Fsp3) is 0.0909. The smallest absolute Gasteiger partial charge is 0.0671 e. The highest BCUT2D eigenvalue weighted by atomic mass is 35.5. The second-order valence-electron chi connectivity index (χ2n) is 3.07. The van der Waals surface area contributed by atoms with Crippen LogP contribution in [0.2, 0.25) is 10.0 Å². The van der Waals surface area contributed by atoms with Gasteiger partial charge in [-0.25, -0.2) is 0 Å². The summed E-state index contributed by atoms with van der Waals surface area (Å²) in [5.74, 6) is 0. The second-order valence-corrected chi connectivity index (χ2v) is 4.60. The zero-order valence-electron chi connectivity index (χ0n) is 7.55. The zero-order valence-corrected chi connectivity index (χ0v) is 9.88. The molecule has 0 bridgehead atoms. The third-order valence-corrected chi connectivity index (χ3v) is 3.78. The van der Waals surface area contributed by atoms with E-state index in [4.69, 9.17) is 23.2 Å². The van der Waals surface area contributed by atoms with Crippen LogP contribution in [0.1, 0.15) is 5.56 Å². The summed E-state index contributed by atoms with van der Waals surface area (Å²) in [7, 11) is 0. The molecule has 0 saturated carbocycles. The van der Waals surface area contributed by atoms with Crippen LogP contribution in [0.4, 0.5) is 0 Å². The van der Waals surface area contributed by atoms with Crippen LogP contribution in [-0.2, 0) is 0 Å². The lowest BCUT2D eigenvalue weighted by atomic mass is 10.1. The molecule has 14 heavy (non-hydrogen) atoms. The van der Waals surface area contributed by atoms with Crippen LogP contribution in [0, 0.1) is 6.92 Å². The molecule has 0 saturated heterocycles. The molecular weight excluding hydrogens is 235 g/mol. The molecule has 0 fully saturated rings. The molecule has 2 aromatic rings. The largest absolute Gasteiger partial charge is 0.151 e. The topological polar surface area (TPSA) is 0 Å². The van der Waals surface area contributed by atoms with Crippen molar-refractivity contribution in [2.45, 2.75) is 6.92 Å². The molecule has 72 valence electrons. The van der Waals surface area contributed by atoms with E-state index in [1.165, 1.54) is 11.1 Å². The number of rotatable bonds is 1. The number of aryl methyl sites for hydroxylation is 1. The van der Waals surface area contributed by atoms with Crippen molar-refractivity contribution in [2.75, 3.05) is 0 Å². The van der Waals surface area contributed by atoms with E-state index in [1.807, 2.05) is 12.1 Å². The SMILES string of the molecule is Cc1cscc1-c1cccc(Cl)c1Cl. The van der Waals surface area contributed by atoms with Gasteiger partial charge < -0.3 is 0 Å². The number of thiophene rings is 1. The van der Waals surface area contributed by atoms with Crippen molar-refractivity contribution >= 4 is 34.5 Å². The molecule has 0 nitrogen and oxygen atoms in total. The second kappa shape index (κ2) is 3.93. The van der Waals surface area contributed by atoms with E-state index in [0.29, 0.717) is 10.0 Å². The minimum absolute atomic E-state index is 0.606. The molecule has 2 rings (SSSR count). The first-order valence-electron chi connectivity index (χ1n) is 4.17. The van der Waals surface area contributed by atoms with Crippen molar-refractivity contribution in [1.29, 1.82) is 0 Å². The van der Waals surface area contributed by atoms with E-state index in [2.05, 4.69) is 17.7 Å². The molecule has 0 aliphatic rings. The third kappa shape index (κ3) is 1.68. The standard InChI is InChI=1S/C11H8Cl2S/c1-7-5-14-6-9(7)8-3-2-4-10(12)11(8)13/h2-6H,1H3. The molecule has 0 unspecified atom stereocenters. The lowest BCUT2D eigenvalue weighted by Gasteiger charge is -2.04. The molecule has 1 aromatic carbocycles. The average molecular weight is 243 g/mol. The first kappa shape index (κ1) is 10.0.